The Morgan fingerprint density at radius 2 is 1.09 bits per heavy atom. The zero-order chi connectivity index (χ0) is 37.8. The van der Waals surface area contributed by atoms with Crippen LogP contribution in [0.5, 0.6) is 0 Å². The van der Waals surface area contributed by atoms with Gasteiger partial charge in [-0.25, -0.2) is 15.0 Å². The van der Waals surface area contributed by atoms with Gasteiger partial charge in [-0.05, 0) is 118 Å². The summed E-state index contributed by atoms with van der Waals surface area (Å²) in [6, 6.07) is 53.8. The molecule has 56 heavy (non-hydrogen) atoms. The molecule has 4 heteroatoms. The molecule has 3 aliphatic carbocycles. The number of hydrogen-bond donors (Lipinski definition) is 0. The van der Waals surface area contributed by atoms with Gasteiger partial charge in [0.1, 0.15) is 0 Å². The van der Waals surface area contributed by atoms with Crippen molar-refractivity contribution >= 4 is 0 Å². The van der Waals surface area contributed by atoms with E-state index in [1.807, 2.05) is 36.4 Å². The predicted molar refractivity (Wildman–Crippen MR) is 226 cm³/mol. The molecule has 272 valence electrons. The Hall–Kier alpha value is -6.18. The van der Waals surface area contributed by atoms with Gasteiger partial charge in [0.2, 0.25) is 0 Å². The lowest BCUT2D eigenvalue weighted by atomic mass is 9.54. The number of hydrogen-bond acceptors (Lipinski definition) is 4. The summed E-state index contributed by atoms with van der Waals surface area (Å²) < 4.78 is 0. The molecule has 5 atom stereocenters. The van der Waals surface area contributed by atoms with Gasteiger partial charge in [-0.15, -0.1) is 0 Å². The first-order valence-electron chi connectivity index (χ1n) is 20.2. The highest BCUT2D eigenvalue weighted by Gasteiger charge is 2.45. The minimum Gasteiger partial charge on any atom is -0.208 e. The van der Waals surface area contributed by atoms with Gasteiger partial charge in [0.15, 0.2) is 17.5 Å². The lowest BCUT2D eigenvalue weighted by molar-refractivity contribution is 0.0780. The molecule has 0 saturated heterocycles. The molecule has 10 rings (SSSR count). The monoisotopic (exact) mass is 724 g/mol. The number of nitrogens with zero attached hydrogens (tertiary/aromatic N) is 4. The molecule has 0 radical (unpaired) electrons. The van der Waals surface area contributed by atoms with Crippen LogP contribution in [0.25, 0.3) is 56.4 Å². The van der Waals surface area contributed by atoms with Crippen LogP contribution in [0.3, 0.4) is 0 Å². The molecule has 1 aromatic heterocycles. The molecule has 0 spiro atoms. The van der Waals surface area contributed by atoms with Crippen LogP contribution in [0.4, 0.5) is 0 Å². The Balaban J connectivity index is 1.08. The number of fused-ring (bicyclic) bond motifs is 5. The molecule has 0 amide bonds. The van der Waals surface area contributed by atoms with Crippen molar-refractivity contribution in [3.8, 4) is 62.5 Å². The second-order valence-electron chi connectivity index (χ2n) is 16.8. The summed E-state index contributed by atoms with van der Waals surface area (Å²) in [4.78, 5) is 15.6. The molecule has 2 saturated carbocycles. The van der Waals surface area contributed by atoms with Crippen molar-refractivity contribution in [2.24, 2.45) is 17.8 Å². The van der Waals surface area contributed by atoms with Crippen LogP contribution in [0.1, 0.15) is 79.7 Å². The SMILES string of the molecule is C[C@@H]1C[C@@H]2C[C@H](C)CC(c3ccc(-c4ccccc4-c4nc(-c5ccccc5)nc(-c5ccc6c(c5)C(c5ccccc5)c5cc(C#N)ccc5-6)n4)cc3)(C1)C2. The van der Waals surface area contributed by atoms with Gasteiger partial charge < -0.3 is 0 Å². The van der Waals surface area contributed by atoms with Gasteiger partial charge >= 0.3 is 0 Å². The van der Waals surface area contributed by atoms with Crippen molar-refractivity contribution < 1.29 is 0 Å². The Bertz CT molecular complexity index is 2600. The van der Waals surface area contributed by atoms with Crippen LogP contribution < -0.4 is 0 Å². The number of nitriles is 1. The Morgan fingerprint density at radius 3 is 1.79 bits per heavy atom. The van der Waals surface area contributed by atoms with Crippen LogP contribution in [0.2, 0.25) is 0 Å². The van der Waals surface area contributed by atoms with Gasteiger partial charge in [0.25, 0.3) is 0 Å². The van der Waals surface area contributed by atoms with E-state index in [0.29, 0.717) is 28.5 Å². The zero-order valence-corrected chi connectivity index (χ0v) is 32.0. The topological polar surface area (TPSA) is 62.5 Å². The van der Waals surface area contributed by atoms with E-state index >= 15 is 0 Å². The molecular formula is C52H44N4. The van der Waals surface area contributed by atoms with E-state index in [2.05, 4.69) is 129 Å². The van der Waals surface area contributed by atoms with E-state index in [-0.39, 0.29) is 5.92 Å². The van der Waals surface area contributed by atoms with Crippen LogP contribution in [0.15, 0.2) is 146 Å². The van der Waals surface area contributed by atoms with E-state index in [4.69, 9.17) is 15.0 Å². The fourth-order valence-electron chi connectivity index (χ4n) is 10.8. The first-order valence-corrected chi connectivity index (χ1v) is 20.2. The highest BCUT2D eigenvalue weighted by Crippen LogP contribution is 2.54. The molecule has 0 N–H and O–H groups in total. The lowest BCUT2D eigenvalue weighted by Crippen LogP contribution is -2.42. The largest absolute Gasteiger partial charge is 0.208 e. The molecular weight excluding hydrogens is 681 g/mol. The Morgan fingerprint density at radius 1 is 0.518 bits per heavy atom. The summed E-state index contributed by atoms with van der Waals surface area (Å²) in [5.41, 5.74) is 13.5. The molecule has 0 aliphatic heterocycles. The maximum atomic E-state index is 9.81. The summed E-state index contributed by atoms with van der Waals surface area (Å²) in [5.74, 6) is 4.33. The van der Waals surface area contributed by atoms with Crippen molar-refractivity contribution in [3.05, 3.63) is 173 Å². The Labute approximate surface area is 330 Å². The Kier molecular flexibility index (Phi) is 8.48. The summed E-state index contributed by atoms with van der Waals surface area (Å²) in [6.07, 6.45) is 6.68. The van der Waals surface area contributed by atoms with E-state index in [9.17, 15) is 5.26 Å². The van der Waals surface area contributed by atoms with Gasteiger partial charge in [-0.1, -0.05) is 141 Å². The molecule has 7 aromatic rings. The van der Waals surface area contributed by atoms with Crippen molar-refractivity contribution in [3.63, 3.8) is 0 Å². The van der Waals surface area contributed by atoms with Gasteiger partial charge in [0.05, 0.1) is 11.6 Å². The van der Waals surface area contributed by atoms with E-state index in [1.54, 1.807) is 0 Å². The summed E-state index contributed by atoms with van der Waals surface area (Å²) in [7, 11) is 0. The average Bonchev–Trinajstić information content (AvgIpc) is 3.56. The van der Waals surface area contributed by atoms with Gasteiger partial charge in [-0.2, -0.15) is 5.26 Å². The van der Waals surface area contributed by atoms with Crippen LogP contribution in [-0.2, 0) is 5.41 Å². The van der Waals surface area contributed by atoms with Crippen LogP contribution in [-0.4, -0.2) is 15.0 Å². The third kappa shape index (κ3) is 6.03. The van der Waals surface area contributed by atoms with Gasteiger partial charge in [0, 0.05) is 22.6 Å². The van der Waals surface area contributed by atoms with Crippen molar-refractivity contribution in [1.29, 1.82) is 5.26 Å². The number of benzene rings is 6. The molecule has 1 heterocycles. The van der Waals surface area contributed by atoms with Crippen molar-refractivity contribution in [2.45, 2.75) is 57.3 Å². The minimum atomic E-state index is -0.00730. The second-order valence-corrected chi connectivity index (χ2v) is 16.8. The molecule has 2 fully saturated rings. The standard InChI is InChI=1S/C52H44N4/c1-33-25-36-26-34(2)30-52(29-33,31-36)41-21-18-37(19-22-41)42-15-9-10-16-45(42)51-55-49(39-13-7-4-8-14-39)54-50(56-51)40-20-24-44-43-23-17-35(32-53)27-46(43)48(47(44)28-40)38-11-5-3-6-12-38/h3-24,27-28,33-34,36,48H,25-26,29-31H2,1-2H3/t33-,34+,36-,48?,52?. The highest BCUT2D eigenvalue weighted by molar-refractivity contribution is 5.85. The predicted octanol–water partition coefficient (Wildman–Crippen LogP) is 12.7. The maximum Gasteiger partial charge on any atom is 0.164 e. The molecule has 3 aliphatic rings. The second kappa shape index (κ2) is 13.8. The molecule has 2 unspecified atom stereocenters. The fourth-order valence-corrected chi connectivity index (χ4v) is 10.8. The summed E-state index contributed by atoms with van der Waals surface area (Å²) in [6.45, 7) is 4.92. The highest BCUT2D eigenvalue weighted by atomic mass is 15.0. The fraction of sp³-hybridized carbons (Fsp3) is 0.231. The third-order valence-electron chi connectivity index (χ3n) is 12.8. The summed E-state index contributed by atoms with van der Waals surface area (Å²) in [5, 5.41) is 9.81. The molecule has 6 aromatic carbocycles. The first-order chi connectivity index (χ1) is 27.4. The quantitative estimate of drug-likeness (QED) is 0.171. The minimum absolute atomic E-state index is 0.00730. The maximum absolute atomic E-state index is 9.81. The van der Waals surface area contributed by atoms with E-state index in [0.717, 1.165) is 51.1 Å². The lowest BCUT2D eigenvalue weighted by Gasteiger charge is -2.50. The number of rotatable bonds is 6. The number of aromatic nitrogens is 3. The molecule has 2 bridgehead atoms. The third-order valence-corrected chi connectivity index (χ3v) is 12.8. The van der Waals surface area contributed by atoms with E-state index < -0.39 is 0 Å². The van der Waals surface area contributed by atoms with Crippen molar-refractivity contribution in [2.75, 3.05) is 0 Å². The average molecular weight is 725 g/mol. The summed E-state index contributed by atoms with van der Waals surface area (Å²) >= 11 is 0. The van der Waals surface area contributed by atoms with Gasteiger partial charge in [-0.3, -0.25) is 0 Å². The van der Waals surface area contributed by atoms with Crippen LogP contribution in [0, 0.1) is 29.1 Å². The normalized spacial score (nSPS) is 22.2. The van der Waals surface area contributed by atoms with Crippen molar-refractivity contribution in [1.82, 2.24) is 15.0 Å². The first kappa shape index (κ1) is 34.3. The molecule has 4 nitrogen and oxygen atoms in total. The smallest absolute Gasteiger partial charge is 0.164 e. The zero-order valence-electron chi connectivity index (χ0n) is 32.0. The van der Waals surface area contributed by atoms with Crippen LogP contribution >= 0.6 is 0 Å². The van der Waals surface area contributed by atoms with E-state index in [1.165, 1.54) is 59.9 Å².